The first-order chi connectivity index (χ1) is 15.5. The lowest BCUT2D eigenvalue weighted by Gasteiger charge is -2.30. The zero-order chi connectivity index (χ0) is 24.2. The van der Waals surface area contributed by atoms with Gasteiger partial charge in [-0.25, -0.2) is 4.98 Å². The van der Waals surface area contributed by atoms with Gasteiger partial charge in [0.2, 0.25) is 5.96 Å². The van der Waals surface area contributed by atoms with Gasteiger partial charge in [0.05, 0.1) is 6.04 Å². The van der Waals surface area contributed by atoms with Crippen LogP contribution >= 0.6 is 0 Å². The molecule has 1 atom stereocenters. The highest BCUT2D eigenvalue weighted by atomic mass is 19.4. The molecule has 0 fully saturated rings. The third-order valence-electron chi connectivity index (χ3n) is 4.53. The molecule has 3 rings (SSSR count). The minimum Gasteiger partial charge on any atom is -0.382 e. The third-order valence-corrected chi connectivity index (χ3v) is 4.53. The number of anilines is 1. The second kappa shape index (κ2) is 9.35. The number of halogens is 6. The van der Waals surface area contributed by atoms with Crippen molar-refractivity contribution in [1.82, 2.24) is 4.98 Å². The normalized spacial score (nSPS) is 17.3. The minimum atomic E-state index is -5.12. The summed E-state index contributed by atoms with van der Waals surface area (Å²) >= 11 is 0. The Labute approximate surface area is 184 Å². The summed E-state index contributed by atoms with van der Waals surface area (Å²) in [4.78, 5) is 4.26. The van der Waals surface area contributed by atoms with Crippen LogP contribution in [0.25, 0.3) is 0 Å². The maximum atomic E-state index is 13.0. The Morgan fingerprint density at radius 3 is 2.03 bits per heavy atom. The zero-order valence-electron chi connectivity index (χ0n) is 16.8. The molecular formula is C21H18F6N6. The van der Waals surface area contributed by atoms with Gasteiger partial charge in [-0.15, -0.1) is 10.2 Å². The number of allylic oxidation sites excluding steroid dienone is 2. The molecular weight excluding hydrogens is 450 g/mol. The Morgan fingerprint density at radius 1 is 0.909 bits per heavy atom. The average molecular weight is 468 g/mol. The van der Waals surface area contributed by atoms with Gasteiger partial charge in [-0.05, 0) is 30.7 Å². The molecule has 174 valence electrons. The second-order valence-electron chi connectivity index (χ2n) is 6.89. The van der Waals surface area contributed by atoms with Gasteiger partial charge >= 0.3 is 12.4 Å². The van der Waals surface area contributed by atoms with Crippen molar-refractivity contribution < 1.29 is 26.3 Å². The Kier molecular flexibility index (Phi) is 6.75. The molecule has 1 aromatic carbocycles. The summed E-state index contributed by atoms with van der Waals surface area (Å²) in [6, 6.07) is 9.33. The lowest BCUT2D eigenvalue weighted by molar-refractivity contribution is -0.150. The van der Waals surface area contributed by atoms with E-state index in [-0.39, 0.29) is 12.0 Å². The van der Waals surface area contributed by atoms with E-state index in [4.69, 9.17) is 11.5 Å². The number of benzene rings is 1. The van der Waals surface area contributed by atoms with Crippen molar-refractivity contribution in [3.8, 4) is 0 Å². The monoisotopic (exact) mass is 468 g/mol. The first-order valence-corrected chi connectivity index (χ1v) is 9.48. The maximum Gasteiger partial charge on any atom is 0.433 e. The van der Waals surface area contributed by atoms with Crippen LogP contribution in [0.4, 0.5) is 32.0 Å². The van der Waals surface area contributed by atoms with Gasteiger partial charge in [0, 0.05) is 11.3 Å². The average Bonchev–Trinajstić information content (AvgIpc) is 2.77. The molecule has 1 aromatic heterocycles. The summed E-state index contributed by atoms with van der Waals surface area (Å²) in [6.45, 7) is 0. The first kappa shape index (κ1) is 23.8. The maximum absolute atomic E-state index is 13.0. The number of hydrogen-bond donors (Lipinski definition) is 2. The molecule has 0 saturated carbocycles. The minimum absolute atomic E-state index is 0.157. The van der Waals surface area contributed by atoms with E-state index < -0.39 is 35.1 Å². The van der Waals surface area contributed by atoms with Crippen LogP contribution in [-0.4, -0.2) is 22.8 Å². The predicted octanol–water partition coefficient (Wildman–Crippen LogP) is 4.45. The molecule has 0 saturated heterocycles. The number of rotatable bonds is 4. The van der Waals surface area contributed by atoms with E-state index >= 15 is 0 Å². The fraction of sp³-hybridized carbons (Fsp3) is 0.190. The number of guanidine groups is 1. The highest BCUT2D eigenvalue weighted by molar-refractivity contribution is 6.00. The molecule has 12 heteroatoms. The standard InChI is InChI=1S/C21H18F6N6/c22-20(23,24)16-11-13(12-17(30-16)21(25,26)27)18(28)31-32-19(29)33(14-7-3-1-4-8-14)15-9-5-2-6-10-15/h1-9,11-12,15H,10H2,(H2,28,31)(H2,29,32). The topological polar surface area (TPSA) is 92.9 Å². The van der Waals surface area contributed by atoms with Crippen molar-refractivity contribution in [2.45, 2.75) is 24.8 Å². The zero-order valence-corrected chi connectivity index (χ0v) is 16.8. The summed E-state index contributed by atoms with van der Waals surface area (Å²) in [5.41, 5.74) is 8.25. The van der Waals surface area contributed by atoms with Crippen molar-refractivity contribution in [2.24, 2.45) is 21.7 Å². The Hall–Kier alpha value is -3.83. The molecule has 1 unspecified atom stereocenters. The molecule has 0 bridgehead atoms. The summed E-state index contributed by atoms with van der Waals surface area (Å²) in [5, 5.41) is 7.37. The van der Waals surface area contributed by atoms with Crippen LogP contribution in [-0.2, 0) is 12.4 Å². The molecule has 33 heavy (non-hydrogen) atoms. The number of para-hydroxylation sites is 1. The highest BCUT2D eigenvalue weighted by Gasteiger charge is 2.39. The molecule has 6 nitrogen and oxygen atoms in total. The van der Waals surface area contributed by atoms with E-state index in [1.54, 1.807) is 35.2 Å². The number of hydrogen-bond acceptors (Lipinski definition) is 3. The van der Waals surface area contributed by atoms with Crippen molar-refractivity contribution in [1.29, 1.82) is 0 Å². The van der Waals surface area contributed by atoms with Crippen LogP contribution < -0.4 is 16.4 Å². The molecule has 0 amide bonds. The smallest absolute Gasteiger partial charge is 0.382 e. The number of alkyl halides is 6. The van der Waals surface area contributed by atoms with Gasteiger partial charge in [-0.3, -0.25) is 0 Å². The molecule has 2 aromatic rings. The van der Waals surface area contributed by atoms with E-state index in [0.29, 0.717) is 24.2 Å². The van der Waals surface area contributed by atoms with Crippen LogP contribution in [0.2, 0.25) is 0 Å². The number of nitrogens with zero attached hydrogens (tertiary/aromatic N) is 4. The molecule has 1 heterocycles. The molecule has 4 N–H and O–H groups in total. The van der Waals surface area contributed by atoms with Gasteiger partial charge in [0.15, 0.2) is 5.84 Å². The van der Waals surface area contributed by atoms with Crippen LogP contribution in [0.5, 0.6) is 0 Å². The highest BCUT2D eigenvalue weighted by Crippen LogP contribution is 2.33. The van der Waals surface area contributed by atoms with Crippen molar-refractivity contribution in [3.05, 3.63) is 83.7 Å². The lowest BCUT2D eigenvalue weighted by Crippen LogP contribution is -2.44. The lowest BCUT2D eigenvalue weighted by atomic mass is 10.1. The van der Waals surface area contributed by atoms with E-state index in [9.17, 15) is 26.3 Å². The van der Waals surface area contributed by atoms with Gasteiger partial charge in [0.25, 0.3) is 0 Å². The number of nitrogens with two attached hydrogens (primary N) is 2. The molecule has 1 aliphatic carbocycles. The van der Waals surface area contributed by atoms with E-state index in [1.807, 2.05) is 24.3 Å². The number of amidine groups is 1. The van der Waals surface area contributed by atoms with Crippen LogP contribution in [0.1, 0.15) is 23.4 Å². The van der Waals surface area contributed by atoms with Crippen molar-refractivity contribution >= 4 is 17.5 Å². The van der Waals surface area contributed by atoms with E-state index in [1.165, 1.54) is 0 Å². The number of pyridine rings is 1. The summed E-state index contributed by atoms with van der Waals surface area (Å²) in [6.07, 6.45) is -2.25. The van der Waals surface area contributed by atoms with Gasteiger partial charge < -0.3 is 16.4 Å². The third kappa shape index (κ3) is 5.90. The molecule has 1 aliphatic rings. The SMILES string of the molecule is NC(=N/N=C(\N)c1cc(C(F)(F)F)nc(C(F)(F)F)c1)N(c1ccccc1)C1C=CC=CC1. The summed E-state index contributed by atoms with van der Waals surface area (Å²) in [7, 11) is 0. The largest absolute Gasteiger partial charge is 0.433 e. The van der Waals surface area contributed by atoms with Gasteiger partial charge in [0.1, 0.15) is 11.4 Å². The first-order valence-electron chi connectivity index (χ1n) is 9.48. The Bertz CT molecular complexity index is 1070. The van der Waals surface area contributed by atoms with E-state index in [2.05, 4.69) is 15.2 Å². The van der Waals surface area contributed by atoms with Crippen LogP contribution in [0.15, 0.2) is 77.0 Å². The molecule has 0 radical (unpaired) electrons. The van der Waals surface area contributed by atoms with Gasteiger partial charge in [-0.1, -0.05) is 42.5 Å². The van der Waals surface area contributed by atoms with Crippen molar-refractivity contribution in [2.75, 3.05) is 4.90 Å². The Balaban J connectivity index is 2.00. The van der Waals surface area contributed by atoms with Crippen molar-refractivity contribution in [3.63, 3.8) is 0 Å². The fourth-order valence-electron chi connectivity index (χ4n) is 3.02. The summed E-state index contributed by atoms with van der Waals surface area (Å²) in [5.74, 6) is -0.848. The fourth-order valence-corrected chi connectivity index (χ4v) is 3.02. The predicted molar refractivity (Wildman–Crippen MR) is 112 cm³/mol. The summed E-state index contributed by atoms with van der Waals surface area (Å²) < 4.78 is 78.2. The molecule has 0 spiro atoms. The van der Waals surface area contributed by atoms with Crippen LogP contribution in [0.3, 0.4) is 0 Å². The second-order valence-corrected chi connectivity index (χ2v) is 6.89. The molecule has 0 aliphatic heterocycles. The van der Waals surface area contributed by atoms with Crippen LogP contribution in [0, 0.1) is 0 Å². The van der Waals surface area contributed by atoms with Gasteiger partial charge in [-0.2, -0.15) is 26.3 Å². The quantitative estimate of drug-likeness (QED) is 0.300. The van der Waals surface area contributed by atoms with E-state index in [0.717, 1.165) is 0 Å². The Morgan fingerprint density at radius 2 is 1.52 bits per heavy atom. The number of aromatic nitrogens is 1.